The molecular formula is C14H22N4O3. The molecule has 0 unspecified atom stereocenters. The van der Waals surface area contributed by atoms with Gasteiger partial charge in [0.25, 0.3) is 0 Å². The number of aromatic nitrogens is 2. The van der Waals surface area contributed by atoms with Crippen LogP contribution in [0.25, 0.3) is 0 Å². The Kier molecular flexibility index (Phi) is 4.50. The molecule has 0 atom stereocenters. The zero-order valence-corrected chi connectivity index (χ0v) is 12.4. The Morgan fingerprint density at radius 2 is 2.10 bits per heavy atom. The summed E-state index contributed by atoms with van der Waals surface area (Å²) in [6, 6.07) is 1.83. The number of aliphatic carboxylic acids is 1. The van der Waals surface area contributed by atoms with E-state index < -0.39 is 17.5 Å². The number of carboxylic acids is 1. The van der Waals surface area contributed by atoms with Gasteiger partial charge in [0, 0.05) is 6.20 Å². The van der Waals surface area contributed by atoms with Crippen LogP contribution in [-0.4, -0.2) is 32.4 Å². The van der Waals surface area contributed by atoms with E-state index in [0.29, 0.717) is 6.04 Å². The van der Waals surface area contributed by atoms with E-state index in [9.17, 15) is 9.59 Å². The Hall–Kier alpha value is -2.05. The Morgan fingerprint density at radius 1 is 1.43 bits per heavy atom. The average Bonchev–Trinajstić information content (AvgIpc) is 3.06. The number of hydrogen-bond donors (Lipinski definition) is 3. The van der Waals surface area contributed by atoms with Gasteiger partial charge in [0.15, 0.2) is 0 Å². The van der Waals surface area contributed by atoms with E-state index in [1.165, 1.54) is 26.7 Å². The number of rotatable bonds is 5. The number of urea groups is 1. The summed E-state index contributed by atoms with van der Waals surface area (Å²) in [7, 11) is 0. The van der Waals surface area contributed by atoms with Gasteiger partial charge in [0.1, 0.15) is 5.54 Å². The second kappa shape index (κ2) is 6.15. The van der Waals surface area contributed by atoms with Crippen LogP contribution in [0.2, 0.25) is 0 Å². The van der Waals surface area contributed by atoms with E-state index >= 15 is 0 Å². The van der Waals surface area contributed by atoms with Gasteiger partial charge in [0.2, 0.25) is 0 Å². The van der Waals surface area contributed by atoms with Crippen molar-refractivity contribution in [2.45, 2.75) is 57.7 Å². The van der Waals surface area contributed by atoms with Crippen molar-refractivity contribution in [1.82, 2.24) is 20.4 Å². The largest absolute Gasteiger partial charge is 0.480 e. The molecule has 3 N–H and O–H groups in total. The number of carboxylic acid groups (broad SMARTS) is 1. The molecule has 2 amide bonds. The van der Waals surface area contributed by atoms with Crippen LogP contribution in [0.15, 0.2) is 12.3 Å². The van der Waals surface area contributed by atoms with Crippen molar-refractivity contribution >= 4 is 12.0 Å². The third-order valence-electron chi connectivity index (χ3n) is 3.75. The number of hydrogen-bond acceptors (Lipinski definition) is 3. The van der Waals surface area contributed by atoms with Crippen molar-refractivity contribution in [2.24, 2.45) is 0 Å². The first-order valence-electron chi connectivity index (χ1n) is 7.22. The van der Waals surface area contributed by atoms with Crippen LogP contribution in [0.1, 0.15) is 51.3 Å². The van der Waals surface area contributed by atoms with Gasteiger partial charge in [-0.3, -0.25) is 4.68 Å². The van der Waals surface area contributed by atoms with E-state index in [-0.39, 0.29) is 6.54 Å². The second-order valence-corrected chi connectivity index (χ2v) is 5.96. The lowest BCUT2D eigenvalue weighted by Crippen LogP contribution is -2.53. The van der Waals surface area contributed by atoms with Gasteiger partial charge in [-0.15, -0.1) is 0 Å². The fraction of sp³-hybridized carbons (Fsp3) is 0.643. The fourth-order valence-electron chi connectivity index (χ4n) is 2.40. The van der Waals surface area contributed by atoms with Crippen LogP contribution in [0.3, 0.4) is 0 Å². The molecule has 116 valence electrons. The molecule has 0 saturated heterocycles. The number of nitrogens with one attached hydrogen (secondary N) is 2. The van der Waals surface area contributed by atoms with E-state index in [1.807, 2.05) is 16.9 Å². The summed E-state index contributed by atoms with van der Waals surface area (Å²) in [4.78, 5) is 22.6. The van der Waals surface area contributed by atoms with E-state index in [1.54, 1.807) is 0 Å². The number of amides is 2. The first-order valence-corrected chi connectivity index (χ1v) is 7.22. The summed E-state index contributed by atoms with van der Waals surface area (Å²) in [6.07, 6.45) is 6.73. The SMILES string of the molecule is CC(C)(NC(=O)NCc1ccn(C2CCCC2)n1)C(=O)O. The Bertz CT molecular complexity index is 518. The first kappa shape index (κ1) is 15.3. The summed E-state index contributed by atoms with van der Waals surface area (Å²) >= 11 is 0. The highest BCUT2D eigenvalue weighted by molar-refractivity contribution is 5.85. The van der Waals surface area contributed by atoms with Crippen molar-refractivity contribution in [1.29, 1.82) is 0 Å². The highest BCUT2D eigenvalue weighted by Gasteiger charge is 2.28. The normalized spacial score (nSPS) is 15.9. The maximum atomic E-state index is 11.7. The maximum absolute atomic E-state index is 11.7. The van der Waals surface area contributed by atoms with Crippen molar-refractivity contribution < 1.29 is 14.7 Å². The van der Waals surface area contributed by atoms with E-state index in [4.69, 9.17) is 5.11 Å². The van der Waals surface area contributed by atoms with Crippen LogP contribution < -0.4 is 10.6 Å². The van der Waals surface area contributed by atoms with Gasteiger partial charge in [-0.1, -0.05) is 12.8 Å². The van der Waals surface area contributed by atoms with Gasteiger partial charge in [0.05, 0.1) is 18.3 Å². The Labute approximate surface area is 123 Å². The van der Waals surface area contributed by atoms with Crippen molar-refractivity contribution in [3.05, 3.63) is 18.0 Å². The standard InChI is InChI=1S/C14H22N4O3/c1-14(2,12(19)20)16-13(21)15-9-10-7-8-18(17-10)11-5-3-4-6-11/h7-8,11H,3-6,9H2,1-2H3,(H,19,20)(H2,15,16,21). The predicted molar refractivity (Wildman–Crippen MR) is 76.8 cm³/mol. The third-order valence-corrected chi connectivity index (χ3v) is 3.75. The molecule has 7 heteroatoms. The summed E-state index contributed by atoms with van der Waals surface area (Å²) < 4.78 is 1.96. The molecule has 7 nitrogen and oxygen atoms in total. The topological polar surface area (TPSA) is 96.3 Å². The quantitative estimate of drug-likeness (QED) is 0.769. The van der Waals surface area contributed by atoms with E-state index in [2.05, 4.69) is 15.7 Å². The van der Waals surface area contributed by atoms with Gasteiger partial charge in [-0.2, -0.15) is 5.10 Å². The molecule has 2 rings (SSSR count). The van der Waals surface area contributed by atoms with Gasteiger partial charge in [-0.25, -0.2) is 9.59 Å². The number of carbonyl (C=O) groups excluding carboxylic acids is 1. The fourth-order valence-corrected chi connectivity index (χ4v) is 2.40. The third kappa shape index (κ3) is 3.96. The van der Waals surface area contributed by atoms with Crippen LogP contribution in [0.5, 0.6) is 0 Å². The molecule has 0 aliphatic heterocycles. The molecule has 1 aromatic heterocycles. The zero-order valence-electron chi connectivity index (χ0n) is 12.4. The van der Waals surface area contributed by atoms with E-state index in [0.717, 1.165) is 18.5 Å². The smallest absolute Gasteiger partial charge is 0.328 e. The van der Waals surface area contributed by atoms with Gasteiger partial charge >= 0.3 is 12.0 Å². The van der Waals surface area contributed by atoms with Crippen LogP contribution in [0.4, 0.5) is 4.79 Å². The predicted octanol–water partition coefficient (Wildman–Crippen LogP) is 1.66. The van der Waals surface area contributed by atoms with Crippen LogP contribution in [0, 0.1) is 0 Å². The summed E-state index contributed by atoms with van der Waals surface area (Å²) in [6.45, 7) is 3.15. The average molecular weight is 294 g/mol. The molecule has 0 spiro atoms. The van der Waals surface area contributed by atoms with Crippen LogP contribution >= 0.6 is 0 Å². The zero-order chi connectivity index (χ0) is 15.5. The molecule has 0 radical (unpaired) electrons. The molecule has 0 bridgehead atoms. The summed E-state index contributed by atoms with van der Waals surface area (Å²) in [5.41, 5.74) is -0.530. The minimum atomic E-state index is -1.30. The minimum Gasteiger partial charge on any atom is -0.480 e. The molecule has 1 aliphatic carbocycles. The Balaban J connectivity index is 1.83. The van der Waals surface area contributed by atoms with Gasteiger partial charge < -0.3 is 15.7 Å². The maximum Gasteiger partial charge on any atom is 0.328 e. The number of carbonyl (C=O) groups is 2. The molecule has 1 heterocycles. The summed E-state index contributed by atoms with van der Waals surface area (Å²) in [5.74, 6) is -1.08. The molecule has 1 aromatic rings. The molecule has 0 aromatic carbocycles. The van der Waals surface area contributed by atoms with Gasteiger partial charge in [-0.05, 0) is 32.8 Å². The lowest BCUT2D eigenvalue weighted by atomic mass is 10.1. The molecule has 1 saturated carbocycles. The first-order chi connectivity index (χ1) is 9.88. The highest BCUT2D eigenvalue weighted by Crippen LogP contribution is 2.28. The second-order valence-electron chi connectivity index (χ2n) is 5.96. The molecule has 1 aliphatic rings. The highest BCUT2D eigenvalue weighted by atomic mass is 16.4. The van der Waals surface area contributed by atoms with Crippen molar-refractivity contribution in [3.8, 4) is 0 Å². The Morgan fingerprint density at radius 3 is 2.71 bits per heavy atom. The molecule has 1 fully saturated rings. The molecule has 21 heavy (non-hydrogen) atoms. The minimum absolute atomic E-state index is 0.279. The molecular weight excluding hydrogens is 272 g/mol. The van der Waals surface area contributed by atoms with Crippen molar-refractivity contribution in [3.63, 3.8) is 0 Å². The monoisotopic (exact) mass is 294 g/mol. The lowest BCUT2D eigenvalue weighted by Gasteiger charge is -2.20. The number of nitrogens with zero attached hydrogens (tertiary/aromatic N) is 2. The lowest BCUT2D eigenvalue weighted by molar-refractivity contribution is -0.142. The summed E-state index contributed by atoms with van der Waals surface area (Å²) in [5, 5.41) is 18.4. The van der Waals surface area contributed by atoms with Crippen molar-refractivity contribution in [2.75, 3.05) is 0 Å². The van der Waals surface area contributed by atoms with Crippen LogP contribution in [-0.2, 0) is 11.3 Å².